The van der Waals surface area contributed by atoms with Crippen molar-refractivity contribution in [2.75, 3.05) is 13.2 Å². The van der Waals surface area contributed by atoms with Crippen LogP contribution in [-0.4, -0.2) is 19.3 Å². The number of benzene rings is 1. The van der Waals surface area contributed by atoms with Gasteiger partial charge in [-0.1, -0.05) is 31.0 Å². The van der Waals surface area contributed by atoms with E-state index in [2.05, 4.69) is 30.4 Å². The second-order valence-electron chi connectivity index (χ2n) is 6.33. The molecule has 1 atom stereocenters. The molecule has 0 aromatic heterocycles. The van der Waals surface area contributed by atoms with Crippen LogP contribution >= 0.6 is 0 Å². The van der Waals surface area contributed by atoms with Gasteiger partial charge in [0.15, 0.2) is 0 Å². The Hall–Kier alpha value is -0.860. The summed E-state index contributed by atoms with van der Waals surface area (Å²) in [6.07, 6.45) is 9.63. The van der Waals surface area contributed by atoms with E-state index in [0.717, 1.165) is 13.2 Å². The van der Waals surface area contributed by atoms with E-state index < -0.39 is 0 Å². The van der Waals surface area contributed by atoms with Crippen LogP contribution in [0.2, 0.25) is 0 Å². The summed E-state index contributed by atoms with van der Waals surface area (Å²) in [5.41, 5.74) is 4.55. The molecule has 3 rings (SSSR count). The lowest BCUT2D eigenvalue weighted by atomic mass is 10.0. The van der Waals surface area contributed by atoms with Crippen LogP contribution in [-0.2, 0) is 17.6 Å². The van der Waals surface area contributed by atoms with Gasteiger partial charge in [-0.3, -0.25) is 0 Å². The highest BCUT2D eigenvalue weighted by molar-refractivity contribution is 5.36. The summed E-state index contributed by atoms with van der Waals surface area (Å²) >= 11 is 0. The van der Waals surface area contributed by atoms with Gasteiger partial charge in [0.1, 0.15) is 0 Å². The van der Waals surface area contributed by atoms with Crippen molar-refractivity contribution in [3.63, 3.8) is 0 Å². The van der Waals surface area contributed by atoms with Gasteiger partial charge in [-0.05, 0) is 55.7 Å². The first-order chi connectivity index (χ1) is 9.83. The molecule has 2 aliphatic rings. The monoisotopic (exact) mass is 273 g/mol. The molecule has 1 aromatic carbocycles. The number of hydrogen-bond donors (Lipinski definition) is 1. The largest absolute Gasteiger partial charge is 0.377 e. The summed E-state index contributed by atoms with van der Waals surface area (Å²) in [5, 5.41) is 3.59. The number of ether oxygens (including phenoxy) is 1. The third kappa shape index (κ3) is 3.42. The molecule has 0 spiro atoms. The van der Waals surface area contributed by atoms with Gasteiger partial charge >= 0.3 is 0 Å². The van der Waals surface area contributed by atoms with Crippen molar-refractivity contribution in [2.24, 2.45) is 0 Å². The van der Waals surface area contributed by atoms with Crippen molar-refractivity contribution >= 4 is 0 Å². The molecule has 0 bridgehead atoms. The molecular formula is C18H27NO. The molecule has 1 fully saturated rings. The summed E-state index contributed by atoms with van der Waals surface area (Å²) < 4.78 is 5.90. The van der Waals surface area contributed by atoms with Gasteiger partial charge in [0.2, 0.25) is 0 Å². The van der Waals surface area contributed by atoms with Crippen molar-refractivity contribution in [3.8, 4) is 0 Å². The summed E-state index contributed by atoms with van der Waals surface area (Å²) in [6.45, 7) is 4.06. The molecule has 1 N–H and O–H groups in total. The van der Waals surface area contributed by atoms with Crippen LogP contribution in [0.25, 0.3) is 0 Å². The number of fused-ring (bicyclic) bond motifs is 1. The predicted molar refractivity (Wildman–Crippen MR) is 83.1 cm³/mol. The molecule has 2 aliphatic carbocycles. The van der Waals surface area contributed by atoms with Gasteiger partial charge in [-0.25, -0.2) is 0 Å². The maximum absolute atomic E-state index is 5.90. The van der Waals surface area contributed by atoms with Crippen molar-refractivity contribution in [1.82, 2.24) is 5.32 Å². The quantitative estimate of drug-likeness (QED) is 0.796. The fourth-order valence-electron chi connectivity index (χ4n) is 3.53. The van der Waals surface area contributed by atoms with Crippen LogP contribution in [0.3, 0.4) is 0 Å². The van der Waals surface area contributed by atoms with Crippen LogP contribution in [0.4, 0.5) is 0 Å². The molecule has 110 valence electrons. The molecule has 0 aliphatic heterocycles. The Morgan fingerprint density at radius 3 is 2.80 bits per heavy atom. The molecule has 20 heavy (non-hydrogen) atoms. The van der Waals surface area contributed by atoms with Gasteiger partial charge in [-0.2, -0.15) is 0 Å². The summed E-state index contributed by atoms with van der Waals surface area (Å²) in [4.78, 5) is 0. The lowest BCUT2D eigenvalue weighted by Crippen LogP contribution is -2.25. The Kier molecular flexibility index (Phi) is 4.74. The summed E-state index contributed by atoms with van der Waals surface area (Å²) in [7, 11) is 0. The third-order valence-electron chi connectivity index (χ3n) is 4.83. The van der Waals surface area contributed by atoms with E-state index in [1.165, 1.54) is 50.5 Å². The van der Waals surface area contributed by atoms with Gasteiger partial charge in [-0.15, -0.1) is 0 Å². The number of rotatable bonds is 6. The molecule has 2 heteroatoms. The van der Waals surface area contributed by atoms with E-state index in [1.807, 2.05) is 0 Å². The Labute approximate surface area is 122 Å². The minimum absolute atomic E-state index is 0.424. The molecule has 1 unspecified atom stereocenters. The van der Waals surface area contributed by atoms with Gasteiger partial charge in [0.25, 0.3) is 0 Å². The summed E-state index contributed by atoms with van der Waals surface area (Å²) in [5.74, 6) is 0. The lowest BCUT2D eigenvalue weighted by Gasteiger charge is -2.17. The average molecular weight is 273 g/mol. The molecule has 0 radical (unpaired) electrons. The van der Waals surface area contributed by atoms with Crippen LogP contribution in [0.1, 0.15) is 61.8 Å². The number of aryl methyl sites for hydroxylation is 2. The van der Waals surface area contributed by atoms with Crippen LogP contribution in [0.15, 0.2) is 18.2 Å². The molecule has 0 heterocycles. The molecular weight excluding hydrogens is 246 g/mol. The first-order valence-corrected chi connectivity index (χ1v) is 8.29. The average Bonchev–Trinajstić information content (AvgIpc) is 3.13. The Morgan fingerprint density at radius 1 is 1.15 bits per heavy atom. The van der Waals surface area contributed by atoms with E-state index in [4.69, 9.17) is 4.74 Å². The highest BCUT2D eigenvalue weighted by Gasteiger charge is 2.15. The van der Waals surface area contributed by atoms with Crippen LogP contribution < -0.4 is 5.32 Å². The van der Waals surface area contributed by atoms with E-state index in [9.17, 15) is 0 Å². The molecule has 1 aromatic rings. The standard InChI is InChI=1S/C18H27NO/c1-14(19-11-12-20-18-7-2-3-8-18)16-10-9-15-5-4-6-17(15)13-16/h9-10,13-14,18-19H,2-8,11-12H2,1H3. The molecule has 0 saturated heterocycles. The zero-order valence-corrected chi connectivity index (χ0v) is 12.7. The van der Waals surface area contributed by atoms with Gasteiger partial charge in [0.05, 0.1) is 12.7 Å². The maximum atomic E-state index is 5.90. The lowest BCUT2D eigenvalue weighted by molar-refractivity contribution is 0.0593. The highest BCUT2D eigenvalue weighted by Crippen LogP contribution is 2.25. The number of hydrogen-bond acceptors (Lipinski definition) is 2. The number of nitrogens with one attached hydrogen (secondary N) is 1. The van der Waals surface area contributed by atoms with Crippen molar-refractivity contribution in [2.45, 2.75) is 64.0 Å². The van der Waals surface area contributed by atoms with Crippen LogP contribution in [0, 0.1) is 0 Å². The Balaban J connectivity index is 1.43. The van der Waals surface area contributed by atoms with Gasteiger partial charge < -0.3 is 10.1 Å². The predicted octanol–water partition coefficient (Wildman–Crippen LogP) is 3.79. The molecule has 0 amide bonds. The topological polar surface area (TPSA) is 21.3 Å². The zero-order chi connectivity index (χ0) is 13.8. The first kappa shape index (κ1) is 14.1. The van der Waals surface area contributed by atoms with Crippen molar-refractivity contribution in [3.05, 3.63) is 34.9 Å². The van der Waals surface area contributed by atoms with Gasteiger partial charge in [0, 0.05) is 12.6 Å². The minimum Gasteiger partial charge on any atom is -0.377 e. The molecule has 1 saturated carbocycles. The SMILES string of the molecule is CC(NCCOC1CCCC1)c1ccc2c(c1)CCC2. The first-order valence-electron chi connectivity index (χ1n) is 8.29. The fraction of sp³-hybridized carbons (Fsp3) is 0.667. The second-order valence-corrected chi connectivity index (χ2v) is 6.33. The van der Waals surface area contributed by atoms with E-state index in [0.29, 0.717) is 12.1 Å². The zero-order valence-electron chi connectivity index (χ0n) is 12.7. The van der Waals surface area contributed by atoms with E-state index >= 15 is 0 Å². The third-order valence-corrected chi connectivity index (χ3v) is 4.83. The highest BCUT2D eigenvalue weighted by atomic mass is 16.5. The minimum atomic E-state index is 0.424. The van der Waals surface area contributed by atoms with E-state index in [1.54, 1.807) is 11.1 Å². The Bertz CT molecular complexity index is 437. The van der Waals surface area contributed by atoms with Crippen molar-refractivity contribution in [1.29, 1.82) is 0 Å². The van der Waals surface area contributed by atoms with E-state index in [-0.39, 0.29) is 0 Å². The fourth-order valence-corrected chi connectivity index (χ4v) is 3.53. The van der Waals surface area contributed by atoms with Crippen molar-refractivity contribution < 1.29 is 4.74 Å². The molecule has 2 nitrogen and oxygen atoms in total. The smallest absolute Gasteiger partial charge is 0.0594 e. The summed E-state index contributed by atoms with van der Waals surface area (Å²) in [6, 6.07) is 7.44. The Morgan fingerprint density at radius 2 is 1.95 bits per heavy atom. The normalized spacial score (nSPS) is 20.2. The van der Waals surface area contributed by atoms with Crippen LogP contribution in [0.5, 0.6) is 0 Å². The maximum Gasteiger partial charge on any atom is 0.0594 e. The second kappa shape index (κ2) is 6.73.